The van der Waals surface area contributed by atoms with Crippen molar-refractivity contribution < 1.29 is 9.47 Å². The van der Waals surface area contributed by atoms with Crippen molar-refractivity contribution in [3.63, 3.8) is 0 Å². The number of fused-ring (bicyclic) bond motifs is 1. The Balaban J connectivity index is 2.01. The summed E-state index contributed by atoms with van der Waals surface area (Å²) in [4.78, 5) is 4.28. The first-order valence-electron chi connectivity index (χ1n) is 5.01. The highest BCUT2D eigenvalue weighted by molar-refractivity contribution is 5.84. The van der Waals surface area contributed by atoms with Gasteiger partial charge in [-0.15, -0.1) is 0 Å². The van der Waals surface area contributed by atoms with E-state index >= 15 is 0 Å². The minimum Gasteiger partial charge on any atom is -0.485 e. The molecule has 1 aliphatic rings. The van der Waals surface area contributed by atoms with Crippen molar-refractivity contribution in [3.8, 4) is 5.75 Å². The van der Waals surface area contributed by atoms with Gasteiger partial charge in [-0.05, 0) is 18.2 Å². The minimum absolute atomic E-state index is 0.204. The summed E-state index contributed by atoms with van der Waals surface area (Å²) in [6.45, 7) is 1.38. The van der Waals surface area contributed by atoms with E-state index in [1.807, 2.05) is 30.3 Å². The number of benzene rings is 1. The van der Waals surface area contributed by atoms with Crippen molar-refractivity contribution in [1.82, 2.24) is 4.98 Å². The number of hydrogen-bond donors (Lipinski definition) is 0. The van der Waals surface area contributed by atoms with Gasteiger partial charge >= 0.3 is 0 Å². The van der Waals surface area contributed by atoms with Crippen LogP contribution < -0.4 is 4.74 Å². The van der Waals surface area contributed by atoms with Crippen LogP contribution in [-0.4, -0.2) is 24.3 Å². The van der Waals surface area contributed by atoms with E-state index in [4.69, 9.17) is 9.47 Å². The van der Waals surface area contributed by atoms with Gasteiger partial charge in [-0.2, -0.15) is 0 Å². The van der Waals surface area contributed by atoms with Gasteiger partial charge in [0.2, 0.25) is 0 Å². The molecule has 15 heavy (non-hydrogen) atoms. The molecule has 1 fully saturated rings. The number of aromatic nitrogens is 1. The molecule has 3 rings (SSSR count). The fraction of sp³-hybridized carbons (Fsp3) is 0.250. The highest BCUT2D eigenvalue weighted by Crippen LogP contribution is 2.25. The van der Waals surface area contributed by atoms with Gasteiger partial charge in [0.15, 0.2) is 0 Å². The zero-order valence-corrected chi connectivity index (χ0v) is 8.22. The molecule has 3 heteroatoms. The zero-order chi connectivity index (χ0) is 10.1. The number of pyridine rings is 1. The lowest BCUT2D eigenvalue weighted by Crippen LogP contribution is -2.38. The largest absolute Gasteiger partial charge is 0.485 e. The molecule has 0 aliphatic carbocycles. The maximum Gasteiger partial charge on any atom is 0.145 e. The van der Waals surface area contributed by atoms with Crippen LogP contribution in [0.25, 0.3) is 10.9 Å². The van der Waals surface area contributed by atoms with Crippen LogP contribution in [-0.2, 0) is 4.74 Å². The summed E-state index contributed by atoms with van der Waals surface area (Å²) in [7, 11) is 0. The summed E-state index contributed by atoms with van der Waals surface area (Å²) in [6.07, 6.45) is 1.98. The lowest BCUT2D eigenvalue weighted by Gasteiger charge is -2.27. The molecule has 0 radical (unpaired) electrons. The molecule has 0 N–H and O–H groups in total. The topological polar surface area (TPSA) is 31.4 Å². The molecular weight excluding hydrogens is 190 g/mol. The Morgan fingerprint density at radius 3 is 2.87 bits per heavy atom. The van der Waals surface area contributed by atoms with Gasteiger partial charge in [-0.3, -0.25) is 4.98 Å². The molecule has 2 heterocycles. The van der Waals surface area contributed by atoms with E-state index in [0.717, 1.165) is 16.7 Å². The summed E-state index contributed by atoms with van der Waals surface area (Å²) in [6, 6.07) is 9.89. The second-order valence-electron chi connectivity index (χ2n) is 3.60. The molecule has 1 aromatic carbocycles. The molecule has 3 nitrogen and oxygen atoms in total. The van der Waals surface area contributed by atoms with Gasteiger partial charge in [0.1, 0.15) is 11.9 Å². The number of para-hydroxylation sites is 1. The van der Waals surface area contributed by atoms with Crippen LogP contribution in [0.15, 0.2) is 36.5 Å². The second-order valence-corrected chi connectivity index (χ2v) is 3.60. The standard InChI is InChI=1S/C12H11NO2/c1-2-4-11-10(3-1)12(5-6-13-11)15-9-7-14-8-9/h1-6,9H,7-8H2. The van der Waals surface area contributed by atoms with Crippen LogP contribution in [0, 0.1) is 0 Å². The summed E-state index contributed by atoms with van der Waals surface area (Å²) < 4.78 is 10.9. The van der Waals surface area contributed by atoms with Gasteiger partial charge in [0.25, 0.3) is 0 Å². The summed E-state index contributed by atoms with van der Waals surface area (Å²) in [5.41, 5.74) is 0.968. The Morgan fingerprint density at radius 2 is 2.07 bits per heavy atom. The van der Waals surface area contributed by atoms with E-state index in [1.165, 1.54) is 0 Å². The maximum atomic E-state index is 5.80. The highest BCUT2D eigenvalue weighted by Gasteiger charge is 2.20. The number of ether oxygens (including phenoxy) is 2. The van der Waals surface area contributed by atoms with E-state index in [9.17, 15) is 0 Å². The van der Waals surface area contributed by atoms with Crippen LogP contribution in [0.5, 0.6) is 5.75 Å². The number of nitrogens with zero attached hydrogens (tertiary/aromatic N) is 1. The molecule has 0 spiro atoms. The van der Waals surface area contributed by atoms with Gasteiger partial charge in [-0.25, -0.2) is 0 Å². The normalized spacial score (nSPS) is 16.3. The molecule has 0 unspecified atom stereocenters. The summed E-state index contributed by atoms with van der Waals surface area (Å²) in [5, 5.41) is 1.06. The van der Waals surface area contributed by atoms with Gasteiger partial charge < -0.3 is 9.47 Å². The van der Waals surface area contributed by atoms with Crippen molar-refractivity contribution in [2.75, 3.05) is 13.2 Å². The van der Waals surface area contributed by atoms with Crippen molar-refractivity contribution >= 4 is 10.9 Å². The Hall–Kier alpha value is -1.61. The first kappa shape index (κ1) is 8.68. The smallest absolute Gasteiger partial charge is 0.145 e. The SMILES string of the molecule is c1ccc2c(OC3COC3)ccnc2c1. The van der Waals surface area contributed by atoms with Crippen molar-refractivity contribution in [2.45, 2.75) is 6.10 Å². The van der Waals surface area contributed by atoms with Gasteiger partial charge in [0.05, 0.1) is 18.7 Å². The van der Waals surface area contributed by atoms with E-state index < -0.39 is 0 Å². The fourth-order valence-electron chi connectivity index (χ4n) is 1.63. The quantitative estimate of drug-likeness (QED) is 0.744. The fourth-order valence-corrected chi connectivity index (χ4v) is 1.63. The molecule has 0 bridgehead atoms. The van der Waals surface area contributed by atoms with Gasteiger partial charge in [0, 0.05) is 11.6 Å². The Bertz CT molecular complexity index is 475. The third kappa shape index (κ3) is 1.55. The molecule has 0 atom stereocenters. The summed E-state index contributed by atoms with van der Waals surface area (Å²) in [5.74, 6) is 0.897. The van der Waals surface area contributed by atoms with Crippen LogP contribution in [0.4, 0.5) is 0 Å². The first-order valence-corrected chi connectivity index (χ1v) is 5.01. The summed E-state index contributed by atoms with van der Waals surface area (Å²) >= 11 is 0. The Labute approximate surface area is 87.6 Å². The monoisotopic (exact) mass is 201 g/mol. The zero-order valence-electron chi connectivity index (χ0n) is 8.22. The third-order valence-corrected chi connectivity index (χ3v) is 2.51. The molecular formula is C12H11NO2. The average molecular weight is 201 g/mol. The average Bonchev–Trinajstić information content (AvgIpc) is 2.23. The minimum atomic E-state index is 0.204. The van der Waals surface area contributed by atoms with Crippen LogP contribution in [0.2, 0.25) is 0 Å². The lowest BCUT2D eigenvalue weighted by molar-refractivity contribution is -0.0791. The van der Waals surface area contributed by atoms with Crippen LogP contribution in [0.1, 0.15) is 0 Å². The lowest BCUT2D eigenvalue weighted by atomic mass is 10.2. The predicted molar refractivity (Wildman–Crippen MR) is 57.0 cm³/mol. The maximum absolute atomic E-state index is 5.80. The van der Waals surface area contributed by atoms with E-state index in [2.05, 4.69) is 4.98 Å². The molecule has 0 amide bonds. The highest BCUT2D eigenvalue weighted by atomic mass is 16.6. The Morgan fingerprint density at radius 1 is 1.20 bits per heavy atom. The molecule has 2 aromatic rings. The van der Waals surface area contributed by atoms with E-state index in [1.54, 1.807) is 6.20 Å². The molecule has 1 saturated heterocycles. The number of hydrogen-bond acceptors (Lipinski definition) is 3. The predicted octanol–water partition coefficient (Wildman–Crippen LogP) is 2.01. The van der Waals surface area contributed by atoms with Crippen LogP contribution >= 0.6 is 0 Å². The van der Waals surface area contributed by atoms with E-state index in [-0.39, 0.29) is 6.10 Å². The third-order valence-electron chi connectivity index (χ3n) is 2.51. The molecule has 1 aromatic heterocycles. The Kier molecular flexibility index (Phi) is 2.03. The molecule has 76 valence electrons. The molecule has 0 saturated carbocycles. The van der Waals surface area contributed by atoms with Gasteiger partial charge in [-0.1, -0.05) is 12.1 Å². The second kappa shape index (κ2) is 3.51. The van der Waals surface area contributed by atoms with Crippen molar-refractivity contribution in [1.29, 1.82) is 0 Å². The van der Waals surface area contributed by atoms with E-state index in [0.29, 0.717) is 13.2 Å². The van der Waals surface area contributed by atoms with Crippen LogP contribution in [0.3, 0.4) is 0 Å². The first-order chi connectivity index (χ1) is 7.43. The van der Waals surface area contributed by atoms with Crippen molar-refractivity contribution in [2.24, 2.45) is 0 Å². The number of rotatable bonds is 2. The molecule has 1 aliphatic heterocycles. The van der Waals surface area contributed by atoms with Crippen molar-refractivity contribution in [3.05, 3.63) is 36.5 Å².